The fourth-order valence-electron chi connectivity index (χ4n) is 5.62. The smallest absolute Gasteiger partial charge is 0.257 e. The molecule has 0 N–H and O–H groups in total. The molecule has 8 heteroatoms. The van der Waals surface area contributed by atoms with Crippen LogP contribution in [0.1, 0.15) is 23.2 Å². The Morgan fingerprint density at radius 1 is 0.917 bits per heavy atom. The lowest BCUT2D eigenvalue weighted by Crippen LogP contribution is -2.49. The molecule has 3 saturated heterocycles. The Kier molecular flexibility index (Phi) is 6.15. The molecular weight excluding hydrogens is 456 g/mol. The van der Waals surface area contributed by atoms with E-state index < -0.39 is 5.79 Å². The van der Waals surface area contributed by atoms with Gasteiger partial charge in [0.15, 0.2) is 5.79 Å². The number of methoxy groups -OCH3 is 1. The minimum absolute atomic E-state index is 0.0311. The molecule has 1 amide bonds. The van der Waals surface area contributed by atoms with Gasteiger partial charge in [-0.3, -0.25) is 9.78 Å². The summed E-state index contributed by atoms with van der Waals surface area (Å²) >= 11 is 0. The maximum Gasteiger partial charge on any atom is 0.257 e. The summed E-state index contributed by atoms with van der Waals surface area (Å²) in [6, 6.07) is 16.2. The van der Waals surface area contributed by atoms with Crippen LogP contribution >= 0.6 is 0 Å². The van der Waals surface area contributed by atoms with Gasteiger partial charge in [0.05, 0.1) is 37.1 Å². The first-order valence-electron chi connectivity index (χ1n) is 12.7. The molecule has 8 nitrogen and oxygen atoms in total. The van der Waals surface area contributed by atoms with Gasteiger partial charge in [0, 0.05) is 69.4 Å². The first-order valence-corrected chi connectivity index (χ1v) is 12.7. The first-order chi connectivity index (χ1) is 17.7. The minimum Gasteiger partial charge on any atom is -0.497 e. The fourth-order valence-corrected chi connectivity index (χ4v) is 5.62. The predicted molar refractivity (Wildman–Crippen MR) is 139 cm³/mol. The molecule has 0 radical (unpaired) electrons. The third kappa shape index (κ3) is 4.24. The highest BCUT2D eigenvalue weighted by molar-refractivity contribution is 6.07. The summed E-state index contributed by atoms with van der Waals surface area (Å²) in [6.07, 6.45) is 3.29. The highest BCUT2D eigenvalue weighted by atomic mass is 16.7. The molecule has 1 aromatic heterocycles. The Morgan fingerprint density at radius 3 is 2.33 bits per heavy atom. The Balaban J connectivity index is 1.30. The fraction of sp³-hybridized carbons (Fsp3) is 0.429. The quantitative estimate of drug-likeness (QED) is 0.556. The van der Waals surface area contributed by atoms with Crippen LogP contribution in [0.5, 0.6) is 5.75 Å². The SMILES string of the molecule is COc1ccc2ncc(C(=O)N3CCN(c4ccccc4)CC3)c(N3CCC4(CC3)OCCO4)c2c1. The Bertz CT molecular complexity index is 1230. The monoisotopic (exact) mass is 488 g/mol. The third-order valence-electron chi connectivity index (χ3n) is 7.62. The van der Waals surface area contributed by atoms with Gasteiger partial charge in [-0.1, -0.05) is 18.2 Å². The van der Waals surface area contributed by atoms with Crippen LogP contribution in [0.3, 0.4) is 0 Å². The number of hydrogen-bond acceptors (Lipinski definition) is 7. The van der Waals surface area contributed by atoms with Crippen molar-refractivity contribution >= 4 is 28.2 Å². The van der Waals surface area contributed by atoms with E-state index in [4.69, 9.17) is 14.2 Å². The van der Waals surface area contributed by atoms with Crippen molar-refractivity contribution in [2.75, 3.05) is 69.4 Å². The average Bonchev–Trinajstić information content (AvgIpc) is 3.40. The van der Waals surface area contributed by atoms with Crippen molar-refractivity contribution < 1.29 is 19.0 Å². The van der Waals surface area contributed by atoms with Crippen LogP contribution in [0.4, 0.5) is 11.4 Å². The summed E-state index contributed by atoms with van der Waals surface area (Å²) in [4.78, 5) is 25.2. The van der Waals surface area contributed by atoms with Gasteiger partial charge in [-0.05, 0) is 30.3 Å². The van der Waals surface area contributed by atoms with Gasteiger partial charge >= 0.3 is 0 Å². The van der Waals surface area contributed by atoms with Crippen LogP contribution in [0.15, 0.2) is 54.7 Å². The van der Waals surface area contributed by atoms with E-state index in [1.807, 2.05) is 29.2 Å². The lowest BCUT2D eigenvalue weighted by Gasteiger charge is -2.40. The molecule has 2 aromatic carbocycles. The first kappa shape index (κ1) is 23.1. The molecule has 36 heavy (non-hydrogen) atoms. The second kappa shape index (κ2) is 9.59. The van der Waals surface area contributed by atoms with Crippen molar-refractivity contribution in [1.29, 1.82) is 0 Å². The summed E-state index contributed by atoms with van der Waals surface area (Å²) in [5.41, 5.74) is 3.63. The van der Waals surface area contributed by atoms with Crippen molar-refractivity contribution in [2.45, 2.75) is 18.6 Å². The molecule has 3 aliphatic rings. The number of nitrogens with zero attached hydrogens (tertiary/aromatic N) is 4. The molecule has 6 rings (SSSR count). The van der Waals surface area contributed by atoms with Crippen LogP contribution in [-0.4, -0.2) is 81.2 Å². The Morgan fingerprint density at radius 2 is 1.64 bits per heavy atom. The summed E-state index contributed by atoms with van der Waals surface area (Å²) in [5.74, 6) is 0.306. The summed E-state index contributed by atoms with van der Waals surface area (Å²) in [6.45, 7) is 5.75. The van der Waals surface area contributed by atoms with Crippen molar-refractivity contribution in [1.82, 2.24) is 9.88 Å². The van der Waals surface area contributed by atoms with Gasteiger partial charge in [-0.15, -0.1) is 0 Å². The zero-order chi connectivity index (χ0) is 24.5. The van der Waals surface area contributed by atoms with Gasteiger partial charge in [-0.25, -0.2) is 0 Å². The molecule has 3 aromatic rings. The van der Waals surface area contributed by atoms with Crippen LogP contribution in [0.25, 0.3) is 10.9 Å². The van der Waals surface area contributed by atoms with E-state index in [9.17, 15) is 4.79 Å². The topological polar surface area (TPSA) is 67.4 Å². The van der Waals surface area contributed by atoms with Gasteiger partial charge in [0.25, 0.3) is 5.91 Å². The number of carbonyl (C=O) groups excluding carboxylic acids is 1. The van der Waals surface area contributed by atoms with E-state index in [1.54, 1.807) is 13.3 Å². The van der Waals surface area contributed by atoms with E-state index >= 15 is 0 Å². The number of carbonyl (C=O) groups is 1. The number of fused-ring (bicyclic) bond motifs is 1. The minimum atomic E-state index is -0.477. The number of benzene rings is 2. The molecule has 188 valence electrons. The van der Waals surface area contributed by atoms with Crippen LogP contribution in [0.2, 0.25) is 0 Å². The number of amides is 1. The van der Waals surface area contributed by atoms with Crippen LogP contribution in [-0.2, 0) is 9.47 Å². The van der Waals surface area contributed by atoms with Crippen molar-refractivity contribution in [3.8, 4) is 5.75 Å². The van der Waals surface area contributed by atoms with Crippen molar-refractivity contribution in [3.63, 3.8) is 0 Å². The number of ether oxygens (including phenoxy) is 3. The average molecular weight is 489 g/mol. The van der Waals surface area contributed by atoms with Crippen LogP contribution < -0.4 is 14.5 Å². The second-order valence-corrected chi connectivity index (χ2v) is 9.61. The molecule has 0 unspecified atom stereocenters. The van der Waals surface area contributed by atoms with E-state index in [-0.39, 0.29) is 5.91 Å². The third-order valence-corrected chi connectivity index (χ3v) is 7.62. The van der Waals surface area contributed by atoms with E-state index in [1.165, 1.54) is 5.69 Å². The number of hydrogen-bond donors (Lipinski definition) is 0. The second-order valence-electron chi connectivity index (χ2n) is 9.61. The lowest BCUT2D eigenvalue weighted by atomic mass is 9.99. The molecule has 0 atom stereocenters. The summed E-state index contributed by atoms with van der Waals surface area (Å²) in [7, 11) is 1.66. The summed E-state index contributed by atoms with van der Waals surface area (Å²) < 4.78 is 17.4. The van der Waals surface area contributed by atoms with Gasteiger partial charge in [0.2, 0.25) is 0 Å². The number of anilines is 2. The number of rotatable bonds is 4. The normalized spacial score (nSPS) is 19.8. The lowest BCUT2D eigenvalue weighted by molar-refractivity contribution is -0.169. The number of para-hydroxylation sites is 1. The molecule has 3 aliphatic heterocycles. The van der Waals surface area contributed by atoms with Crippen molar-refractivity contribution in [2.24, 2.45) is 0 Å². The highest BCUT2D eigenvalue weighted by Gasteiger charge is 2.41. The molecule has 0 aliphatic carbocycles. The maximum atomic E-state index is 13.9. The van der Waals surface area contributed by atoms with E-state index in [2.05, 4.69) is 39.0 Å². The molecule has 1 spiro atoms. The van der Waals surface area contributed by atoms with Gasteiger partial charge < -0.3 is 28.9 Å². The molecule has 3 fully saturated rings. The maximum absolute atomic E-state index is 13.9. The van der Waals surface area contributed by atoms with Gasteiger partial charge in [0.1, 0.15) is 5.75 Å². The molecule has 4 heterocycles. The van der Waals surface area contributed by atoms with Crippen molar-refractivity contribution in [3.05, 3.63) is 60.3 Å². The highest BCUT2D eigenvalue weighted by Crippen LogP contribution is 2.38. The number of pyridine rings is 1. The molecule has 0 saturated carbocycles. The van der Waals surface area contributed by atoms with Crippen LogP contribution in [0, 0.1) is 0 Å². The van der Waals surface area contributed by atoms with E-state index in [0.29, 0.717) is 31.9 Å². The Hall–Kier alpha value is -3.36. The number of piperazine rings is 1. The zero-order valence-electron chi connectivity index (χ0n) is 20.7. The Labute approximate surface area is 211 Å². The number of aromatic nitrogens is 1. The molecule has 0 bridgehead atoms. The van der Waals surface area contributed by atoms with Gasteiger partial charge in [-0.2, -0.15) is 0 Å². The standard InChI is InChI=1S/C28H32N4O4/c1-34-22-7-8-25-23(19-22)26(31-11-9-28(10-12-31)35-17-18-36-28)24(20-29-25)27(33)32-15-13-30(14-16-32)21-5-3-2-4-6-21/h2-8,19-20H,9-18H2,1H3. The summed E-state index contributed by atoms with van der Waals surface area (Å²) in [5, 5.41) is 0.937. The number of piperidine rings is 1. The molecular formula is C28H32N4O4. The zero-order valence-corrected chi connectivity index (χ0v) is 20.7. The largest absolute Gasteiger partial charge is 0.497 e. The predicted octanol–water partition coefficient (Wildman–Crippen LogP) is 3.55. The van der Waals surface area contributed by atoms with E-state index in [0.717, 1.165) is 61.4 Å².